The molecule has 0 aliphatic carbocycles. The van der Waals surface area contributed by atoms with Crippen LogP contribution in [-0.2, 0) is 0 Å². The standard InChI is InChI=1S/C9H13N3O/c13-9-11-4-1-7-12(9)8-2-5-10-6-3-8/h1,4,7-8,10H,2-3,5-6H2. The predicted molar refractivity (Wildman–Crippen MR) is 49.6 cm³/mol. The second kappa shape index (κ2) is 3.70. The van der Waals surface area contributed by atoms with Gasteiger partial charge in [0.15, 0.2) is 0 Å². The summed E-state index contributed by atoms with van der Waals surface area (Å²) in [6, 6.07) is 2.14. The van der Waals surface area contributed by atoms with Gasteiger partial charge in [-0.1, -0.05) is 0 Å². The Morgan fingerprint density at radius 3 is 2.92 bits per heavy atom. The summed E-state index contributed by atoms with van der Waals surface area (Å²) in [6.07, 6.45) is 5.41. The molecule has 0 radical (unpaired) electrons. The van der Waals surface area contributed by atoms with Crippen LogP contribution < -0.4 is 11.0 Å². The zero-order valence-electron chi connectivity index (χ0n) is 7.44. The topological polar surface area (TPSA) is 46.9 Å². The van der Waals surface area contributed by atoms with Crippen LogP contribution >= 0.6 is 0 Å². The Bertz CT molecular complexity index is 328. The molecule has 1 N–H and O–H groups in total. The van der Waals surface area contributed by atoms with Crippen LogP contribution in [0.15, 0.2) is 23.3 Å². The van der Waals surface area contributed by atoms with Gasteiger partial charge in [0, 0.05) is 18.4 Å². The Kier molecular flexibility index (Phi) is 2.40. The van der Waals surface area contributed by atoms with Crippen molar-refractivity contribution >= 4 is 0 Å². The van der Waals surface area contributed by atoms with E-state index in [1.54, 1.807) is 10.8 Å². The fourth-order valence-corrected chi connectivity index (χ4v) is 1.73. The van der Waals surface area contributed by atoms with Crippen molar-refractivity contribution in [1.29, 1.82) is 0 Å². The third kappa shape index (κ3) is 1.78. The molecule has 0 bridgehead atoms. The smallest absolute Gasteiger partial charge is 0.317 e. The second-order valence-corrected chi connectivity index (χ2v) is 3.29. The number of rotatable bonds is 1. The minimum absolute atomic E-state index is 0.130. The molecular weight excluding hydrogens is 166 g/mol. The van der Waals surface area contributed by atoms with E-state index < -0.39 is 0 Å². The van der Waals surface area contributed by atoms with Crippen LogP contribution in [-0.4, -0.2) is 22.6 Å². The second-order valence-electron chi connectivity index (χ2n) is 3.29. The lowest BCUT2D eigenvalue weighted by atomic mass is 10.1. The fourth-order valence-electron chi connectivity index (χ4n) is 1.73. The Labute approximate surface area is 76.6 Å². The molecule has 0 atom stereocenters. The predicted octanol–water partition coefficient (Wildman–Crippen LogP) is 0.168. The summed E-state index contributed by atoms with van der Waals surface area (Å²) in [6.45, 7) is 1.98. The minimum Gasteiger partial charge on any atom is -0.317 e. The third-order valence-corrected chi connectivity index (χ3v) is 2.44. The van der Waals surface area contributed by atoms with Gasteiger partial charge in [-0.25, -0.2) is 9.78 Å². The molecule has 0 amide bonds. The maximum atomic E-state index is 11.3. The molecule has 13 heavy (non-hydrogen) atoms. The summed E-state index contributed by atoms with van der Waals surface area (Å²) < 4.78 is 1.74. The molecule has 0 unspecified atom stereocenters. The summed E-state index contributed by atoms with van der Waals surface area (Å²) >= 11 is 0. The van der Waals surface area contributed by atoms with Gasteiger partial charge in [0.2, 0.25) is 0 Å². The van der Waals surface area contributed by atoms with E-state index in [2.05, 4.69) is 10.3 Å². The van der Waals surface area contributed by atoms with Gasteiger partial charge in [-0.05, 0) is 32.0 Å². The number of nitrogens with zero attached hydrogens (tertiary/aromatic N) is 2. The van der Waals surface area contributed by atoms with Crippen LogP contribution in [0.25, 0.3) is 0 Å². The Balaban J connectivity index is 2.24. The third-order valence-electron chi connectivity index (χ3n) is 2.44. The molecule has 1 aromatic rings. The molecule has 1 saturated heterocycles. The molecule has 70 valence electrons. The van der Waals surface area contributed by atoms with Crippen molar-refractivity contribution in [2.45, 2.75) is 18.9 Å². The highest BCUT2D eigenvalue weighted by Gasteiger charge is 2.15. The molecule has 1 aromatic heterocycles. The summed E-state index contributed by atoms with van der Waals surface area (Å²) in [4.78, 5) is 15.1. The highest BCUT2D eigenvalue weighted by molar-refractivity contribution is 4.86. The molecule has 0 spiro atoms. The fraction of sp³-hybridized carbons (Fsp3) is 0.556. The number of hydrogen-bond acceptors (Lipinski definition) is 3. The van der Waals surface area contributed by atoms with Gasteiger partial charge in [-0.3, -0.25) is 4.57 Å². The summed E-state index contributed by atoms with van der Waals surface area (Å²) in [5.74, 6) is 0. The van der Waals surface area contributed by atoms with Crippen LogP contribution in [0.5, 0.6) is 0 Å². The van der Waals surface area contributed by atoms with Gasteiger partial charge >= 0.3 is 5.69 Å². The maximum Gasteiger partial charge on any atom is 0.347 e. The Hall–Kier alpha value is -1.16. The average molecular weight is 179 g/mol. The molecule has 2 heterocycles. The lowest BCUT2D eigenvalue weighted by molar-refractivity contribution is 0.357. The van der Waals surface area contributed by atoms with Crippen molar-refractivity contribution in [1.82, 2.24) is 14.9 Å². The van der Waals surface area contributed by atoms with Crippen molar-refractivity contribution in [3.05, 3.63) is 28.9 Å². The van der Waals surface area contributed by atoms with E-state index in [1.165, 1.54) is 0 Å². The van der Waals surface area contributed by atoms with Crippen molar-refractivity contribution in [2.75, 3.05) is 13.1 Å². The summed E-state index contributed by atoms with van der Waals surface area (Å²) in [5.41, 5.74) is -0.130. The van der Waals surface area contributed by atoms with E-state index in [4.69, 9.17) is 0 Å². The lowest BCUT2D eigenvalue weighted by Crippen LogP contribution is -2.34. The molecule has 1 aliphatic heterocycles. The minimum atomic E-state index is -0.130. The molecule has 4 nitrogen and oxygen atoms in total. The Morgan fingerprint density at radius 1 is 1.46 bits per heavy atom. The van der Waals surface area contributed by atoms with Crippen molar-refractivity contribution in [2.24, 2.45) is 0 Å². The first-order chi connectivity index (χ1) is 6.38. The first-order valence-corrected chi connectivity index (χ1v) is 4.62. The normalized spacial score (nSPS) is 18.8. The van der Waals surface area contributed by atoms with Crippen LogP contribution in [0, 0.1) is 0 Å². The van der Waals surface area contributed by atoms with Gasteiger partial charge in [0.05, 0.1) is 0 Å². The molecule has 0 aromatic carbocycles. The van der Waals surface area contributed by atoms with Gasteiger partial charge in [-0.2, -0.15) is 0 Å². The van der Waals surface area contributed by atoms with Gasteiger partial charge in [0.25, 0.3) is 0 Å². The highest BCUT2D eigenvalue weighted by Crippen LogP contribution is 2.15. The largest absolute Gasteiger partial charge is 0.347 e. The number of aromatic nitrogens is 2. The zero-order chi connectivity index (χ0) is 9.10. The van der Waals surface area contributed by atoms with E-state index >= 15 is 0 Å². The number of hydrogen-bond donors (Lipinski definition) is 1. The van der Waals surface area contributed by atoms with E-state index in [9.17, 15) is 4.79 Å². The van der Waals surface area contributed by atoms with Crippen molar-refractivity contribution in [3.63, 3.8) is 0 Å². The van der Waals surface area contributed by atoms with Gasteiger partial charge in [-0.15, -0.1) is 0 Å². The summed E-state index contributed by atoms with van der Waals surface area (Å²) in [5, 5.41) is 3.27. The number of piperidine rings is 1. The van der Waals surface area contributed by atoms with Gasteiger partial charge < -0.3 is 5.32 Å². The van der Waals surface area contributed by atoms with E-state index in [0.29, 0.717) is 6.04 Å². The van der Waals surface area contributed by atoms with Gasteiger partial charge in [0.1, 0.15) is 0 Å². The Morgan fingerprint density at radius 2 is 2.23 bits per heavy atom. The van der Waals surface area contributed by atoms with Crippen molar-refractivity contribution < 1.29 is 0 Å². The summed E-state index contributed by atoms with van der Waals surface area (Å²) in [7, 11) is 0. The SMILES string of the molecule is O=c1ncccn1C1CCNCC1. The quantitative estimate of drug-likeness (QED) is 0.668. The van der Waals surface area contributed by atoms with Crippen LogP contribution in [0.2, 0.25) is 0 Å². The van der Waals surface area contributed by atoms with Crippen LogP contribution in [0.4, 0.5) is 0 Å². The monoisotopic (exact) mass is 179 g/mol. The average Bonchev–Trinajstić information content (AvgIpc) is 2.20. The zero-order valence-corrected chi connectivity index (χ0v) is 7.44. The maximum absolute atomic E-state index is 11.3. The molecule has 1 fully saturated rings. The lowest BCUT2D eigenvalue weighted by Gasteiger charge is -2.23. The molecular formula is C9H13N3O. The number of nitrogens with one attached hydrogen (secondary N) is 1. The van der Waals surface area contributed by atoms with Crippen LogP contribution in [0.3, 0.4) is 0 Å². The van der Waals surface area contributed by atoms with Crippen LogP contribution in [0.1, 0.15) is 18.9 Å². The van der Waals surface area contributed by atoms with E-state index in [0.717, 1.165) is 25.9 Å². The molecule has 0 saturated carbocycles. The highest BCUT2D eigenvalue weighted by atomic mass is 16.1. The molecule has 2 rings (SSSR count). The first-order valence-electron chi connectivity index (χ1n) is 4.62. The first kappa shape index (κ1) is 8.44. The van der Waals surface area contributed by atoms with E-state index in [1.807, 2.05) is 12.3 Å². The van der Waals surface area contributed by atoms with Crippen molar-refractivity contribution in [3.8, 4) is 0 Å². The molecule has 4 heteroatoms. The van der Waals surface area contributed by atoms with E-state index in [-0.39, 0.29) is 5.69 Å². The molecule has 1 aliphatic rings.